The van der Waals surface area contributed by atoms with Gasteiger partial charge in [-0.3, -0.25) is 4.79 Å². The van der Waals surface area contributed by atoms with Gasteiger partial charge in [0.2, 0.25) is 5.91 Å². The van der Waals surface area contributed by atoms with Crippen molar-refractivity contribution in [3.63, 3.8) is 0 Å². The van der Waals surface area contributed by atoms with Crippen LogP contribution in [-0.4, -0.2) is 11.0 Å². The number of amides is 1. The molecule has 0 radical (unpaired) electrons. The van der Waals surface area contributed by atoms with E-state index in [0.717, 1.165) is 5.56 Å². The van der Waals surface area contributed by atoms with Crippen LogP contribution in [0.15, 0.2) is 42.5 Å². The van der Waals surface area contributed by atoms with Gasteiger partial charge in [-0.1, -0.05) is 29.3 Å². The third kappa shape index (κ3) is 4.25. The average Bonchev–Trinajstić information content (AvgIpc) is 2.41. The van der Waals surface area contributed by atoms with Crippen LogP contribution >= 0.6 is 23.2 Å². The molecule has 0 aliphatic carbocycles. The molecule has 5 heteroatoms. The van der Waals surface area contributed by atoms with E-state index in [1.807, 2.05) is 0 Å². The summed E-state index contributed by atoms with van der Waals surface area (Å²) < 4.78 is 0. The molecule has 3 nitrogen and oxygen atoms in total. The highest BCUT2D eigenvalue weighted by Gasteiger charge is 2.03. The van der Waals surface area contributed by atoms with Gasteiger partial charge in [-0.25, -0.2) is 0 Å². The van der Waals surface area contributed by atoms with Crippen molar-refractivity contribution in [1.29, 1.82) is 0 Å². The van der Waals surface area contributed by atoms with Crippen LogP contribution in [0.3, 0.4) is 0 Å². The highest BCUT2D eigenvalue weighted by atomic mass is 35.5. The Balaban J connectivity index is 2.09. The molecule has 1 amide bonds. The van der Waals surface area contributed by atoms with Crippen LogP contribution in [0.1, 0.15) is 11.1 Å². The van der Waals surface area contributed by atoms with E-state index in [4.69, 9.17) is 23.2 Å². The minimum absolute atomic E-state index is 0.161. The number of benzene rings is 2. The Kier molecular flexibility index (Phi) is 4.89. The summed E-state index contributed by atoms with van der Waals surface area (Å²) in [6, 6.07) is 9.80. The zero-order valence-electron chi connectivity index (χ0n) is 11.2. The number of carbonyl (C=O) groups excluding carboxylic acids is 1. The first kappa shape index (κ1) is 15.4. The summed E-state index contributed by atoms with van der Waals surface area (Å²) in [5.41, 5.74) is 2.13. The zero-order chi connectivity index (χ0) is 15.4. The number of hydrogen-bond donors (Lipinski definition) is 2. The summed E-state index contributed by atoms with van der Waals surface area (Å²) >= 11 is 11.8. The van der Waals surface area contributed by atoms with Crippen LogP contribution in [0.5, 0.6) is 5.75 Å². The molecule has 2 N–H and O–H groups in total. The minimum Gasteiger partial charge on any atom is -0.508 e. The quantitative estimate of drug-likeness (QED) is 0.638. The second-order valence-electron chi connectivity index (χ2n) is 4.49. The number of hydrogen-bond acceptors (Lipinski definition) is 2. The van der Waals surface area contributed by atoms with Crippen molar-refractivity contribution in [2.45, 2.75) is 6.92 Å². The fourth-order valence-corrected chi connectivity index (χ4v) is 2.24. The van der Waals surface area contributed by atoms with Crippen LogP contribution < -0.4 is 5.32 Å². The molecule has 2 aromatic rings. The Morgan fingerprint density at radius 3 is 2.62 bits per heavy atom. The molecular formula is C16H13Cl2NO2. The highest BCUT2D eigenvalue weighted by Crippen LogP contribution is 2.22. The maximum absolute atomic E-state index is 11.9. The molecule has 108 valence electrons. The van der Waals surface area contributed by atoms with Gasteiger partial charge in [0.25, 0.3) is 0 Å². The number of rotatable bonds is 3. The van der Waals surface area contributed by atoms with Gasteiger partial charge >= 0.3 is 0 Å². The molecule has 0 aliphatic heterocycles. The predicted molar refractivity (Wildman–Crippen MR) is 87.0 cm³/mol. The lowest BCUT2D eigenvalue weighted by molar-refractivity contribution is -0.111. The number of aryl methyl sites for hydroxylation is 1. The van der Waals surface area contributed by atoms with Crippen LogP contribution in [-0.2, 0) is 4.79 Å². The first-order valence-electron chi connectivity index (χ1n) is 6.19. The van der Waals surface area contributed by atoms with Gasteiger partial charge < -0.3 is 10.4 Å². The van der Waals surface area contributed by atoms with Crippen LogP contribution in [0.25, 0.3) is 6.08 Å². The SMILES string of the molecule is Cc1cc(O)ccc1NC(=O)/C=C/c1ccc(Cl)cc1Cl. The molecule has 0 heterocycles. The van der Waals surface area contributed by atoms with Gasteiger partial charge in [-0.15, -0.1) is 0 Å². The Labute approximate surface area is 132 Å². The van der Waals surface area contributed by atoms with Crippen LogP contribution in [0, 0.1) is 6.92 Å². The normalized spacial score (nSPS) is 10.8. The Bertz CT molecular complexity index is 711. The van der Waals surface area contributed by atoms with E-state index < -0.39 is 0 Å². The standard InChI is InChI=1S/C16H13Cl2NO2/c1-10-8-13(20)5-6-15(10)19-16(21)7-3-11-2-4-12(17)9-14(11)18/h2-9,20H,1H3,(H,19,21)/b7-3+. The molecule has 2 aromatic carbocycles. The van der Waals surface area contributed by atoms with E-state index in [2.05, 4.69) is 5.32 Å². The summed E-state index contributed by atoms with van der Waals surface area (Å²) in [6.45, 7) is 1.80. The van der Waals surface area contributed by atoms with E-state index in [0.29, 0.717) is 21.3 Å². The third-order valence-electron chi connectivity index (χ3n) is 2.84. The van der Waals surface area contributed by atoms with Gasteiger partial charge in [-0.2, -0.15) is 0 Å². The topological polar surface area (TPSA) is 49.3 Å². The fourth-order valence-electron chi connectivity index (χ4n) is 1.76. The van der Waals surface area contributed by atoms with Gasteiger partial charge in [-0.05, 0) is 54.5 Å². The number of anilines is 1. The summed E-state index contributed by atoms with van der Waals surface area (Å²) in [5, 5.41) is 13.1. The molecule has 0 spiro atoms. The Morgan fingerprint density at radius 2 is 1.95 bits per heavy atom. The van der Waals surface area contributed by atoms with Gasteiger partial charge in [0.1, 0.15) is 5.75 Å². The molecule has 2 rings (SSSR count). The molecule has 21 heavy (non-hydrogen) atoms. The number of carbonyl (C=O) groups is 1. The van der Waals surface area contributed by atoms with Crippen molar-refractivity contribution < 1.29 is 9.90 Å². The highest BCUT2D eigenvalue weighted by molar-refractivity contribution is 6.35. The predicted octanol–water partition coefficient (Wildman–Crippen LogP) is 4.66. The van der Waals surface area contributed by atoms with E-state index in [1.165, 1.54) is 12.1 Å². The first-order chi connectivity index (χ1) is 9.95. The molecule has 0 aliphatic rings. The van der Waals surface area contributed by atoms with Crippen molar-refractivity contribution in [1.82, 2.24) is 0 Å². The summed E-state index contributed by atoms with van der Waals surface area (Å²) in [5.74, 6) is -0.121. The van der Waals surface area contributed by atoms with Crippen molar-refractivity contribution in [3.05, 3.63) is 63.6 Å². The van der Waals surface area contributed by atoms with Crippen LogP contribution in [0.4, 0.5) is 5.69 Å². The lowest BCUT2D eigenvalue weighted by Gasteiger charge is -2.06. The smallest absolute Gasteiger partial charge is 0.248 e. The van der Waals surface area contributed by atoms with Gasteiger partial charge in [0.15, 0.2) is 0 Å². The lowest BCUT2D eigenvalue weighted by Crippen LogP contribution is -2.08. The third-order valence-corrected chi connectivity index (χ3v) is 3.41. The van der Waals surface area contributed by atoms with Crippen molar-refractivity contribution in [2.75, 3.05) is 5.32 Å². The van der Waals surface area contributed by atoms with Crippen molar-refractivity contribution in [3.8, 4) is 5.75 Å². The number of halogens is 2. The Hall–Kier alpha value is -1.97. The fraction of sp³-hybridized carbons (Fsp3) is 0.0625. The summed E-state index contributed by atoms with van der Waals surface area (Å²) in [7, 11) is 0. The van der Waals surface area contributed by atoms with Gasteiger partial charge in [0.05, 0.1) is 0 Å². The lowest BCUT2D eigenvalue weighted by atomic mass is 10.2. The average molecular weight is 322 g/mol. The number of phenolic OH excluding ortho intramolecular Hbond substituents is 1. The number of nitrogens with one attached hydrogen (secondary N) is 1. The zero-order valence-corrected chi connectivity index (χ0v) is 12.7. The molecule has 0 atom stereocenters. The summed E-state index contributed by atoms with van der Waals surface area (Å²) in [4.78, 5) is 11.9. The first-order valence-corrected chi connectivity index (χ1v) is 6.95. The van der Waals surface area contributed by atoms with E-state index in [1.54, 1.807) is 43.3 Å². The van der Waals surface area contributed by atoms with Gasteiger partial charge in [0, 0.05) is 21.8 Å². The second-order valence-corrected chi connectivity index (χ2v) is 5.33. The number of aromatic hydroxyl groups is 1. The molecule has 0 saturated carbocycles. The van der Waals surface area contributed by atoms with E-state index >= 15 is 0 Å². The van der Waals surface area contributed by atoms with Crippen molar-refractivity contribution >= 4 is 40.9 Å². The molecule has 0 unspecified atom stereocenters. The molecule has 0 bridgehead atoms. The maximum atomic E-state index is 11.9. The van der Waals surface area contributed by atoms with Crippen molar-refractivity contribution in [2.24, 2.45) is 0 Å². The molecule has 0 saturated heterocycles. The molecule has 0 aromatic heterocycles. The largest absolute Gasteiger partial charge is 0.508 e. The maximum Gasteiger partial charge on any atom is 0.248 e. The second kappa shape index (κ2) is 6.66. The molecular weight excluding hydrogens is 309 g/mol. The van der Waals surface area contributed by atoms with E-state index in [9.17, 15) is 9.90 Å². The minimum atomic E-state index is -0.283. The van der Waals surface area contributed by atoms with E-state index in [-0.39, 0.29) is 11.7 Å². The summed E-state index contributed by atoms with van der Waals surface area (Å²) in [6.07, 6.45) is 3.01. The molecule has 0 fully saturated rings. The number of phenols is 1. The monoisotopic (exact) mass is 321 g/mol. The van der Waals surface area contributed by atoms with Crippen LogP contribution in [0.2, 0.25) is 10.0 Å². The Morgan fingerprint density at radius 1 is 1.19 bits per heavy atom.